The van der Waals surface area contributed by atoms with Crippen molar-refractivity contribution in [1.29, 1.82) is 0 Å². The van der Waals surface area contributed by atoms with Crippen LogP contribution in [0.3, 0.4) is 0 Å². The van der Waals surface area contributed by atoms with Crippen LogP contribution in [-0.4, -0.2) is 36.8 Å². The third-order valence-corrected chi connectivity index (χ3v) is 2.53. The molecule has 0 spiro atoms. The van der Waals surface area contributed by atoms with Crippen LogP contribution in [0, 0.1) is 0 Å². The maximum absolute atomic E-state index is 11.4. The predicted octanol–water partition coefficient (Wildman–Crippen LogP) is 1.71. The summed E-state index contributed by atoms with van der Waals surface area (Å²) < 4.78 is 4.96. The standard InChI is InChI=1S/C14H20N2O4/c1-3-16(4-2)20-13(17)10-15-14(18)19-11-12-8-6-5-7-9-12/h5-9H,3-4,10-11H2,1-2H3,(H,15,18). The lowest BCUT2D eigenvalue weighted by Crippen LogP contribution is -2.35. The van der Waals surface area contributed by atoms with Crippen molar-refractivity contribution in [2.75, 3.05) is 19.6 Å². The van der Waals surface area contributed by atoms with Gasteiger partial charge in [0.25, 0.3) is 0 Å². The monoisotopic (exact) mass is 280 g/mol. The molecular weight excluding hydrogens is 260 g/mol. The summed E-state index contributed by atoms with van der Waals surface area (Å²) in [6.45, 7) is 4.89. The highest BCUT2D eigenvalue weighted by Crippen LogP contribution is 2.00. The van der Waals surface area contributed by atoms with E-state index in [2.05, 4.69) is 5.32 Å². The van der Waals surface area contributed by atoms with Crippen molar-refractivity contribution in [2.45, 2.75) is 20.5 Å². The third-order valence-electron chi connectivity index (χ3n) is 2.53. The smallest absolute Gasteiger partial charge is 0.407 e. The summed E-state index contributed by atoms with van der Waals surface area (Å²) in [5.74, 6) is -0.523. The van der Waals surface area contributed by atoms with Crippen LogP contribution in [0.1, 0.15) is 19.4 Å². The average molecular weight is 280 g/mol. The van der Waals surface area contributed by atoms with E-state index in [4.69, 9.17) is 9.57 Å². The number of amides is 1. The first-order valence-electron chi connectivity index (χ1n) is 6.56. The van der Waals surface area contributed by atoms with Gasteiger partial charge in [-0.1, -0.05) is 30.3 Å². The summed E-state index contributed by atoms with van der Waals surface area (Å²) >= 11 is 0. The molecule has 1 N–H and O–H groups in total. The SMILES string of the molecule is CCN(CC)OC(=O)CNC(=O)OCc1ccccc1. The molecule has 0 heterocycles. The Labute approximate surface area is 118 Å². The van der Waals surface area contributed by atoms with Gasteiger partial charge in [-0.15, -0.1) is 5.06 Å². The molecule has 0 unspecified atom stereocenters. The van der Waals surface area contributed by atoms with E-state index in [0.717, 1.165) is 5.56 Å². The number of carbonyl (C=O) groups is 2. The first-order valence-corrected chi connectivity index (χ1v) is 6.56. The zero-order valence-corrected chi connectivity index (χ0v) is 11.8. The molecule has 1 aromatic rings. The van der Waals surface area contributed by atoms with E-state index in [1.807, 2.05) is 44.2 Å². The molecule has 0 atom stereocenters. The molecule has 0 aromatic heterocycles. The van der Waals surface area contributed by atoms with Gasteiger partial charge in [0.1, 0.15) is 13.2 Å². The largest absolute Gasteiger partial charge is 0.445 e. The zero-order chi connectivity index (χ0) is 14.8. The summed E-state index contributed by atoms with van der Waals surface area (Å²) in [7, 11) is 0. The van der Waals surface area contributed by atoms with Crippen molar-refractivity contribution in [3.8, 4) is 0 Å². The number of carbonyl (C=O) groups excluding carboxylic acids is 2. The highest BCUT2D eigenvalue weighted by molar-refractivity contribution is 5.77. The third kappa shape index (κ3) is 6.19. The van der Waals surface area contributed by atoms with Gasteiger partial charge in [0.2, 0.25) is 0 Å². The number of hydroxylamine groups is 2. The molecule has 1 rings (SSSR count). The molecule has 6 heteroatoms. The molecule has 0 aliphatic heterocycles. The van der Waals surface area contributed by atoms with Crippen LogP contribution < -0.4 is 5.32 Å². The molecule has 1 amide bonds. The Morgan fingerprint density at radius 2 is 1.80 bits per heavy atom. The highest BCUT2D eigenvalue weighted by Gasteiger charge is 2.10. The van der Waals surface area contributed by atoms with Gasteiger partial charge in [-0.2, -0.15) is 0 Å². The fourth-order valence-corrected chi connectivity index (χ4v) is 1.45. The quantitative estimate of drug-likeness (QED) is 0.770. The number of hydrogen-bond donors (Lipinski definition) is 1. The molecular formula is C14H20N2O4. The van der Waals surface area contributed by atoms with Crippen LogP contribution in [0.15, 0.2) is 30.3 Å². The summed E-state index contributed by atoms with van der Waals surface area (Å²) in [6, 6.07) is 9.30. The second-order valence-electron chi connectivity index (χ2n) is 3.99. The van der Waals surface area contributed by atoms with Gasteiger partial charge in [0.15, 0.2) is 0 Å². The Balaban J connectivity index is 2.21. The highest BCUT2D eigenvalue weighted by atomic mass is 16.7. The fourth-order valence-electron chi connectivity index (χ4n) is 1.45. The molecule has 110 valence electrons. The van der Waals surface area contributed by atoms with E-state index in [1.54, 1.807) is 0 Å². The van der Waals surface area contributed by atoms with E-state index in [1.165, 1.54) is 5.06 Å². The topological polar surface area (TPSA) is 67.9 Å². The molecule has 20 heavy (non-hydrogen) atoms. The molecule has 1 aromatic carbocycles. The number of nitrogens with zero attached hydrogens (tertiary/aromatic N) is 1. The second kappa shape index (κ2) is 8.92. The van der Waals surface area contributed by atoms with Gasteiger partial charge in [-0.3, -0.25) is 0 Å². The Kier molecular flexibility index (Phi) is 7.13. The molecule has 0 aliphatic carbocycles. The molecule has 0 bridgehead atoms. The Bertz CT molecular complexity index is 418. The number of benzene rings is 1. The van der Waals surface area contributed by atoms with Crippen molar-refractivity contribution in [1.82, 2.24) is 10.4 Å². The minimum Gasteiger partial charge on any atom is -0.445 e. The van der Waals surface area contributed by atoms with Crippen LogP contribution in [0.2, 0.25) is 0 Å². The lowest BCUT2D eigenvalue weighted by atomic mass is 10.2. The van der Waals surface area contributed by atoms with Gasteiger partial charge in [-0.25, -0.2) is 9.59 Å². The number of ether oxygens (including phenoxy) is 1. The Morgan fingerprint density at radius 1 is 1.15 bits per heavy atom. The summed E-state index contributed by atoms with van der Waals surface area (Å²) in [5, 5.41) is 3.84. The molecule has 0 radical (unpaired) electrons. The van der Waals surface area contributed by atoms with E-state index in [-0.39, 0.29) is 13.2 Å². The second-order valence-corrected chi connectivity index (χ2v) is 3.99. The van der Waals surface area contributed by atoms with Crippen molar-refractivity contribution in [3.05, 3.63) is 35.9 Å². The summed E-state index contributed by atoms with van der Waals surface area (Å²) in [5.41, 5.74) is 0.883. The van der Waals surface area contributed by atoms with Gasteiger partial charge >= 0.3 is 12.1 Å². The molecule has 6 nitrogen and oxygen atoms in total. The van der Waals surface area contributed by atoms with E-state index < -0.39 is 12.1 Å². The maximum atomic E-state index is 11.4. The van der Waals surface area contributed by atoms with Gasteiger partial charge < -0.3 is 14.9 Å². The normalized spacial score (nSPS) is 10.2. The summed E-state index contributed by atoms with van der Waals surface area (Å²) in [6.07, 6.45) is -0.648. The number of hydrogen-bond acceptors (Lipinski definition) is 5. The lowest BCUT2D eigenvalue weighted by molar-refractivity contribution is -0.187. The van der Waals surface area contributed by atoms with Crippen molar-refractivity contribution >= 4 is 12.1 Å². The van der Waals surface area contributed by atoms with Crippen LogP contribution >= 0.6 is 0 Å². The van der Waals surface area contributed by atoms with Crippen molar-refractivity contribution in [2.24, 2.45) is 0 Å². The Morgan fingerprint density at radius 3 is 2.40 bits per heavy atom. The van der Waals surface area contributed by atoms with Crippen molar-refractivity contribution in [3.63, 3.8) is 0 Å². The summed E-state index contributed by atoms with van der Waals surface area (Å²) in [4.78, 5) is 27.8. The maximum Gasteiger partial charge on any atom is 0.407 e. The molecule has 0 aliphatic rings. The van der Waals surface area contributed by atoms with Crippen LogP contribution in [0.5, 0.6) is 0 Å². The number of nitrogens with one attached hydrogen (secondary N) is 1. The van der Waals surface area contributed by atoms with E-state index >= 15 is 0 Å². The van der Waals surface area contributed by atoms with E-state index in [0.29, 0.717) is 13.1 Å². The van der Waals surface area contributed by atoms with Gasteiger partial charge in [-0.05, 0) is 19.4 Å². The molecule has 0 saturated heterocycles. The van der Waals surface area contributed by atoms with Gasteiger partial charge in [0, 0.05) is 13.1 Å². The van der Waals surface area contributed by atoms with Crippen molar-refractivity contribution < 1.29 is 19.2 Å². The van der Waals surface area contributed by atoms with Crippen LogP contribution in [0.25, 0.3) is 0 Å². The average Bonchev–Trinajstić information content (AvgIpc) is 2.49. The Hall–Kier alpha value is -2.08. The first-order chi connectivity index (χ1) is 9.65. The fraction of sp³-hybridized carbons (Fsp3) is 0.429. The minimum atomic E-state index is -0.648. The minimum absolute atomic E-state index is 0.164. The first kappa shape index (κ1) is 16.0. The van der Waals surface area contributed by atoms with Crippen LogP contribution in [0.4, 0.5) is 4.79 Å². The van der Waals surface area contributed by atoms with Gasteiger partial charge in [0.05, 0.1) is 0 Å². The molecule has 0 fully saturated rings. The lowest BCUT2D eigenvalue weighted by Gasteiger charge is -2.17. The van der Waals surface area contributed by atoms with Crippen LogP contribution in [-0.2, 0) is 21.0 Å². The van der Waals surface area contributed by atoms with E-state index in [9.17, 15) is 9.59 Å². The number of rotatable bonds is 7. The predicted molar refractivity (Wildman–Crippen MR) is 73.6 cm³/mol. The zero-order valence-electron chi connectivity index (χ0n) is 11.8. The molecule has 0 saturated carbocycles. The number of alkyl carbamates (subject to hydrolysis) is 1.